The number of rotatable bonds is 11. The largest absolute Gasteiger partial charge is 0.483 e. The highest BCUT2D eigenvalue weighted by molar-refractivity contribution is 5.82. The quantitative estimate of drug-likeness (QED) is 0.545. The van der Waals surface area contributed by atoms with E-state index < -0.39 is 24.2 Å². The molecule has 7 heteroatoms. The van der Waals surface area contributed by atoms with Gasteiger partial charge in [-0.2, -0.15) is 4.39 Å². The number of benzene rings is 2. The molecule has 0 aromatic heterocycles. The molecule has 0 spiro atoms. The van der Waals surface area contributed by atoms with Crippen LogP contribution in [0.4, 0.5) is 8.78 Å². The maximum absolute atomic E-state index is 14.0. The maximum Gasteiger partial charge on any atom is 0.303 e. The molecule has 0 atom stereocenters. The van der Waals surface area contributed by atoms with Crippen LogP contribution in [0.25, 0.3) is 0 Å². The smallest absolute Gasteiger partial charge is 0.303 e. The maximum atomic E-state index is 14.0. The molecule has 0 saturated carbocycles. The number of carbonyl (C=O) groups is 2. The number of Topliss-reactive ketones (excluding diaryl/α,β-unsaturated/α-hetero) is 1. The Morgan fingerprint density at radius 2 is 1.81 bits per heavy atom. The minimum Gasteiger partial charge on any atom is -0.483 e. The van der Waals surface area contributed by atoms with E-state index in [1.807, 2.05) is 13.8 Å². The van der Waals surface area contributed by atoms with Gasteiger partial charge in [-0.1, -0.05) is 24.3 Å². The van der Waals surface area contributed by atoms with Crippen molar-refractivity contribution in [2.24, 2.45) is 5.92 Å². The predicted octanol–water partition coefficient (Wildman–Crippen LogP) is 4.10. The number of ketones is 1. The summed E-state index contributed by atoms with van der Waals surface area (Å²) in [5.74, 6) is -3.53. The van der Waals surface area contributed by atoms with Crippen molar-refractivity contribution in [3.05, 3.63) is 64.7 Å². The van der Waals surface area contributed by atoms with E-state index in [2.05, 4.69) is 29.6 Å². The Bertz CT molecular complexity index is 965. The molecule has 5 nitrogen and oxygen atoms in total. The molecule has 2 aromatic carbocycles. The summed E-state index contributed by atoms with van der Waals surface area (Å²) in [4.78, 5) is 23.0. The Balaban J connectivity index is 1.48. The van der Waals surface area contributed by atoms with Crippen LogP contribution in [0.15, 0.2) is 36.4 Å². The van der Waals surface area contributed by atoms with Crippen molar-refractivity contribution in [3.63, 3.8) is 0 Å². The first-order valence-corrected chi connectivity index (χ1v) is 10.8. The first kappa shape index (κ1) is 23.9. The zero-order valence-electron chi connectivity index (χ0n) is 18.4. The zero-order valence-corrected chi connectivity index (χ0v) is 18.4. The molecule has 32 heavy (non-hydrogen) atoms. The van der Waals surface area contributed by atoms with Crippen LogP contribution in [0.5, 0.6) is 5.75 Å². The molecular formula is C25H29F2NO4. The summed E-state index contributed by atoms with van der Waals surface area (Å²) in [6, 6.07) is 10.6. The molecule has 1 aliphatic rings. The Hall–Kier alpha value is -2.80. The Morgan fingerprint density at radius 3 is 2.44 bits per heavy atom. The number of carboxylic acid groups (broad SMARTS) is 1. The number of fused-ring (bicyclic) bond motifs is 1. The number of halogens is 2. The van der Waals surface area contributed by atoms with E-state index in [-0.39, 0.29) is 36.5 Å². The molecular weight excluding hydrogens is 416 g/mol. The molecule has 0 fully saturated rings. The summed E-state index contributed by atoms with van der Waals surface area (Å²) in [5.41, 5.74) is 2.80. The van der Waals surface area contributed by atoms with E-state index in [1.54, 1.807) is 0 Å². The third-order valence-corrected chi connectivity index (χ3v) is 5.77. The van der Waals surface area contributed by atoms with Gasteiger partial charge in [0.2, 0.25) is 5.82 Å². The number of carbonyl (C=O) groups excluding carboxylic acids is 1. The summed E-state index contributed by atoms with van der Waals surface area (Å²) in [6.07, 6.45) is 2.79. The van der Waals surface area contributed by atoms with Crippen LogP contribution in [0.1, 0.15) is 43.4 Å². The normalized spacial score (nSPS) is 13.8. The number of ether oxygens (including phenoxy) is 1. The van der Waals surface area contributed by atoms with Crippen LogP contribution >= 0.6 is 0 Å². The lowest BCUT2D eigenvalue weighted by Crippen LogP contribution is -2.44. The van der Waals surface area contributed by atoms with Crippen molar-refractivity contribution in [1.29, 1.82) is 0 Å². The molecule has 2 aromatic rings. The van der Waals surface area contributed by atoms with Crippen LogP contribution in [0, 0.1) is 17.6 Å². The van der Waals surface area contributed by atoms with Crippen LogP contribution in [0.2, 0.25) is 0 Å². The highest BCUT2D eigenvalue weighted by atomic mass is 19.2. The average Bonchev–Trinajstić information content (AvgIpc) is 3.13. The summed E-state index contributed by atoms with van der Waals surface area (Å²) in [6.45, 7) is 3.74. The van der Waals surface area contributed by atoms with Gasteiger partial charge in [0.1, 0.15) is 6.61 Å². The fourth-order valence-electron chi connectivity index (χ4n) is 4.25. The fourth-order valence-corrected chi connectivity index (χ4v) is 4.25. The highest BCUT2D eigenvalue weighted by Gasteiger charge is 2.28. The van der Waals surface area contributed by atoms with Crippen molar-refractivity contribution in [1.82, 2.24) is 5.32 Å². The van der Waals surface area contributed by atoms with Gasteiger partial charge in [0.25, 0.3) is 0 Å². The van der Waals surface area contributed by atoms with Gasteiger partial charge in [-0.25, -0.2) is 4.39 Å². The molecule has 0 unspecified atom stereocenters. The fraction of sp³-hybridized carbons (Fsp3) is 0.440. The van der Waals surface area contributed by atoms with Crippen LogP contribution in [-0.4, -0.2) is 35.5 Å². The van der Waals surface area contributed by atoms with Gasteiger partial charge in [-0.05, 0) is 74.3 Å². The van der Waals surface area contributed by atoms with Crippen molar-refractivity contribution in [2.45, 2.75) is 51.5 Å². The van der Waals surface area contributed by atoms with Gasteiger partial charge in [0.15, 0.2) is 17.3 Å². The standard InChI is InChI=1S/C25H29F2NO4/c1-25(2,13-17-9-18-5-3-4-6-19(18)10-17)28-14-20(29)15-32-22-12-16(7-8-23(30)31)11-21(26)24(22)27/h3-6,11-12,17,28H,7-10,13-15H2,1-2H3,(H,30,31). The van der Waals surface area contributed by atoms with Gasteiger partial charge in [0, 0.05) is 12.0 Å². The summed E-state index contributed by atoms with van der Waals surface area (Å²) >= 11 is 0. The second-order valence-electron chi connectivity index (χ2n) is 9.10. The van der Waals surface area contributed by atoms with Crippen LogP contribution in [0.3, 0.4) is 0 Å². The Morgan fingerprint density at radius 1 is 1.16 bits per heavy atom. The van der Waals surface area contributed by atoms with E-state index >= 15 is 0 Å². The molecule has 0 saturated heterocycles. The molecule has 0 radical (unpaired) electrons. The van der Waals surface area contributed by atoms with Crippen molar-refractivity contribution in [3.8, 4) is 5.75 Å². The molecule has 0 heterocycles. The number of carboxylic acids is 1. The van der Waals surface area contributed by atoms with Gasteiger partial charge < -0.3 is 15.2 Å². The molecule has 1 aliphatic carbocycles. The van der Waals surface area contributed by atoms with Crippen molar-refractivity contribution < 1.29 is 28.2 Å². The van der Waals surface area contributed by atoms with E-state index in [4.69, 9.17) is 9.84 Å². The zero-order chi connectivity index (χ0) is 23.3. The topological polar surface area (TPSA) is 75.6 Å². The average molecular weight is 446 g/mol. The van der Waals surface area contributed by atoms with Gasteiger partial charge >= 0.3 is 5.97 Å². The SMILES string of the molecule is CC(C)(CC1Cc2ccccc2C1)NCC(=O)COc1cc(CCC(=O)O)cc(F)c1F. The predicted molar refractivity (Wildman–Crippen MR) is 117 cm³/mol. The monoisotopic (exact) mass is 445 g/mol. The second kappa shape index (κ2) is 10.2. The lowest BCUT2D eigenvalue weighted by molar-refractivity contribution is -0.137. The Labute approximate surface area is 186 Å². The lowest BCUT2D eigenvalue weighted by atomic mass is 9.88. The summed E-state index contributed by atoms with van der Waals surface area (Å²) < 4.78 is 33.0. The van der Waals surface area contributed by atoms with Gasteiger partial charge in [0.05, 0.1) is 6.54 Å². The number of hydrogen-bond acceptors (Lipinski definition) is 4. The van der Waals surface area contributed by atoms with E-state index in [1.165, 1.54) is 17.2 Å². The molecule has 0 amide bonds. The van der Waals surface area contributed by atoms with Crippen LogP contribution in [-0.2, 0) is 28.9 Å². The lowest BCUT2D eigenvalue weighted by Gasteiger charge is -2.29. The molecule has 3 rings (SSSR count). The minimum atomic E-state index is -1.19. The van der Waals surface area contributed by atoms with Gasteiger partial charge in [-0.15, -0.1) is 0 Å². The third kappa shape index (κ3) is 6.60. The highest BCUT2D eigenvalue weighted by Crippen LogP contribution is 2.31. The van der Waals surface area contributed by atoms with Gasteiger partial charge in [-0.3, -0.25) is 9.59 Å². The number of nitrogens with one attached hydrogen (secondary N) is 1. The Kier molecular flexibility index (Phi) is 7.61. The van der Waals surface area contributed by atoms with E-state index in [0.29, 0.717) is 11.5 Å². The van der Waals surface area contributed by atoms with Crippen LogP contribution < -0.4 is 10.1 Å². The van der Waals surface area contributed by atoms with Crippen molar-refractivity contribution in [2.75, 3.05) is 13.2 Å². The molecule has 0 aliphatic heterocycles. The van der Waals surface area contributed by atoms with Crippen molar-refractivity contribution >= 4 is 11.8 Å². The molecule has 172 valence electrons. The second-order valence-corrected chi connectivity index (χ2v) is 9.10. The first-order valence-electron chi connectivity index (χ1n) is 10.8. The number of aryl methyl sites for hydroxylation is 1. The van der Waals surface area contributed by atoms with E-state index in [0.717, 1.165) is 25.3 Å². The summed E-state index contributed by atoms with van der Waals surface area (Å²) in [5, 5.41) is 12.0. The minimum absolute atomic E-state index is 0.0393. The number of hydrogen-bond donors (Lipinski definition) is 2. The summed E-state index contributed by atoms with van der Waals surface area (Å²) in [7, 11) is 0. The third-order valence-electron chi connectivity index (χ3n) is 5.77. The molecule has 2 N–H and O–H groups in total. The first-order chi connectivity index (χ1) is 15.1. The van der Waals surface area contributed by atoms with E-state index in [9.17, 15) is 18.4 Å². The molecule has 0 bridgehead atoms. The number of aliphatic carboxylic acids is 1.